The molecule has 15 heavy (non-hydrogen) atoms. The number of aryl methyl sites for hydroxylation is 1. The van der Waals surface area contributed by atoms with E-state index in [-0.39, 0.29) is 6.42 Å². The highest BCUT2D eigenvalue weighted by molar-refractivity contribution is 4.97. The Morgan fingerprint density at radius 3 is 2.73 bits per heavy atom. The van der Waals surface area contributed by atoms with Crippen LogP contribution in [0, 0.1) is 0 Å². The van der Waals surface area contributed by atoms with E-state index in [1.54, 1.807) is 17.9 Å². The molecule has 1 rings (SSSR count). The number of alkyl halides is 3. The first kappa shape index (κ1) is 12.0. The van der Waals surface area contributed by atoms with Gasteiger partial charge in [0, 0.05) is 26.2 Å². The lowest BCUT2D eigenvalue weighted by Crippen LogP contribution is -2.18. The van der Waals surface area contributed by atoms with E-state index in [1.165, 1.54) is 0 Å². The molecule has 0 saturated heterocycles. The van der Waals surface area contributed by atoms with Crippen LogP contribution in [0.4, 0.5) is 13.2 Å². The van der Waals surface area contributed by atoms with E-state index in [9.17, 15) is 13.2 Å². The quantitative estimate of drug-likeness (QED) is 0.769. The first-order valence-electron chi connectivity index (χ1n) is 4.73. The minimum atomic E-state index is -4.05. The molecule has 0 aliphatic heterocycles. The van der Waals surface area contributed by atoms with Crippen molar-refractivity contribution in [1.29, 1.82) is 0 Å². The molecule has 0 atom stereocenters. The van der Waals surface area contributed by atoms with Gasteiger partial charge in [-0.2, -0.15) is 18.3 Å². The zero-order valence-electron chi connectivity index (χ0n) is 8.51. The van der Waals surface area contributed by atoms with E-state index in [1.807, 2.05) is 6.07 Å². The molecule has 0 aliphatic rings. The smallest absolute Gasteiger partial charge is 0.311 e. The highest BCUT2D eigenvalue weighted by Gasteiger charge is 2.25. The van der Waals surface area contributed by atoms with Crippen molar-refractivity contribution in [3.8, 4) is 0 Å². The molecule has 1 aromatic heterocycles. The molecule has 0 aliphatic carbocycles. The van der Waals surface area contributed by atoms with Crippen LogP contribution in [-0.2, 0) is 13.6 Å². The second-order valence-electron chi connectivity index (χ2n) is 3.38. The van der Waals surface area contributed by atoms with Crippen molar-refractivity contribution < 1.29 is 13.2 Å². The minimum absolute atomic E-state index is 0.107. The van der Waals surface area contributed by atoms with Gasteiger partial charge in [-0.3, -0.25) is 4.68 Å². The fraction of sp³-hybridized carbons (Fsp3) is 0.667. The average Bonchev–Trinajstić information content (AvgIpc) is 2.49. The van der Waals surface area contributed by atoms with Gasteiger partial charge in [0.05, 0.1) is 5.69 Å². The molecule has 0 bridgehead atoms. The molecular weight excluding hydrogens is 207 g/mol. The maximum atomic E-state index is 11.8. The van der Waals surface area contributed by atoms with Gasteiger partial charge in [-0.25, -0.2) is 0 Å². The number of hydrogen-bond donors (Lipinski definition) is 1. The number of nitrogens with one attached hydrogen (secondary N) is 1. The van der Waals surface area contributed by atoms with Gasteiger partial charge in [0.2, 0.25) is 0 Å². The van der Waals surface area contributed by atoms with Gasteiger partial charge in [0.15, 0.2) is 0 Å². The Hall–Kier alpha value is -1.04. The van der Waals surface area contributed by atoms with Crippen molar-refractivity contribution >= 4 is 0 Å². The van der Waals surface area contributed by atoms with E-state index in [2.05, 4.69) is 10.4 Å². The summed E-state index contributed by atoms with van der Waals surface area (Å²) in [5, 5.41) is 7.00. The lowest BCUT2D eigenvalue weighted by molar-refractivity contribution is -0.135. The Kier molecular flexibility index (Phi) is 4.14. The summed E-state index contributed by atoms with van der Waals surface area (Å²) in [6.45, 7) is 0.870. The van der Waals surface area contributed by atoms with Crippen molar-refractivity contribution in [3.63, 3.8) is 0 Å². The Balaban J connectivity index is 2.07. The standard InChI is InChI=1S/C9H14F3N3/c1-15-6-3-8(14-15)7-13-5-2-4-9(10,11)12/h3,6,13H,2,4-5,7H2,1H3. The molecule has 0 fully saturated rings. The lowest BCUT2D eigenvalue weighted by atomic mass is 10.3. The zero-order valence-corrected chi connectivity index (χ0v) is 8.51. The molecular formula is C9H14F3N3. The highest BCUT2D eigenvalue weighted by Crippen LogP contribution is 2.20. The first-order chi connectivity index (χ1) is 6.97. The van der Waals surface area contributed by atoms with E-state index in [4.69, 9.17) is 0 Å². The molecule has 3 nitrogen and oxygen atoms in total. The van der Waals surface area contributed by atoms with Gasteiger partial charge in [-0.05, 0) is 19.0 Å². The SMILES string of the molecule is Cn1ccc(CNCCCC(F)(F)F)n1. The predicted octanol–water partition coefficient (Wildman–Crippen LogP) is 1.85. The third-order valence-corrected chi connectivity index (χ3v) is 1.89. The summed E-state index contributed by atoms with van der Waals surface area (Å²) in [6, 6.07) is 1.83. The Morgan fingerprint density at radius 1 is 1.47 bits per heavy atom. The predicted molar refractivity (Wildman–Crippen MR) is 50.2 cm³/mol. The molecule has 1 heterocycles. The average molecular weight is 221 g/mol. The van der Waals surface area contributed by atoms with Gasteiger partial charge in [-0.15, -0.1) is 0 Å². The van der Waals surface area contributed by atoms with E-state index < -0.39 is 12.6 Å². The summed E-state index contributed by atoms with van der Waals surface area (Å²) in [6.07, 6.45) is -2.88. The molecule has 1 aromatic rings. The summed E-state index contributed by atoms with van der Waals surface area (Å²) in [5.74, 6) is 0. The summed E-state index contributed by atoms with van der Waals surface area (Å²) < 4.78 is 37.0. The topological polar surface area (TPSA) is 29.9 Å². The van der Waals surface area contributed by atoms with Crippen LogP contribution < -0.4 is 5.32 Å². The van der Waals surface area contributed by atoms with Crippen LogP contribution in [0.5, 0.6) is 0 Å². The molecule has 6 heteroatoms. The lowest BCUT2D eigenvalue weighted by Gasteiger charge is -2.06. The maximum Gasteiger partial charge on any atom is 0.389 e. The maximum absolute atomic E-state index is 11.8. The van der Waals surface area contributed by atoms with Crippen LogP contribution in [0.1, 0.15) is 18.5 Å². The second-order valence-corrected chi connectivity index (χ2v) is 3.38. The van der Waals surface area contributed by atoms with Crippen LogP contribution in [0.3, 0.4) is 0 Å². The Labute approximate surface area is 86.3 Å². The first-order valence-corrected chi connectivity index (χ1v) is 4.73. The van der Waals surface area contributed by atoms with Gasteiger partial charge in [0.1, 0.15) is 0 Å². The fourth-order valence-electron chi connectivity index (χ4n) is 1.19. The zero-order chi connectivity index (χ0) is 11.3. The van der Waals surface area contributed by atoms with Crippen LogP contribution in [0.25, 0.3) is 0 Å². The van der Waals surface area contributed by atoms with Gasteiger partial charge in [0.25, 0.3) is 0 Å². The number of halogens is 3. The van der Waals surface area contributed by atoms with E-state index >= 15 is 0 Å². The number of nitrogens with zero attached hydrogens (tertiary/aromatic N) is 2. The van der Waals surface area contributed by atoms with E-state index in [0.29, 0.717) is 13.1 Å². The molecule has 0 radical (unpaired) electrons. The minimum Gasteiger partial charge on any atom is -0.311 e. The van der Waals surface area contributed by atoms with Gasteiger partial charge >= 0.3 is 6.18 Å². The largest absolute Gasteiger partial charge is 0.389 e. The molecule has 1 N–H and O–H groups in total. The molecule has 0 amide bonds. The van der Waals surface area contributed by atoms with Crippen molar-refractivity contribution in [2.24, 2.45) is 7.05 Å². The Morgan fingerprint density at radius 2 is 2.20 bits per heavy atom. The second kappa shape index (κ2) is 5.16. The van der Waals surface area contributed by atoms with Crippen LogP contribution in [0.2, 0.25) is 0 Å². The molecule has 0 spiro atoms. The van der Waals surface area contributed by atoms with Gasteiger partial charge < -0.3 is 5.32 Å². The molecule has 0 unspecified atom stereocenters. The van der Waals surface area contributed by atoms with Gasteiger partial charge in [-0.1, -0.05) is 0 Å². The Bertz CT molecular complexity index is 293. The summed E-state index contributed by atoms with van der Waals surface area (Å²) in [5.41, 5.74) is 0.838. The fourth-order valence-corrected chi connectivity index (χ4v) is 1.19. The molecule has 0 saturated carbocycles. The summed E-state index contributed by atoms with van der Waals surface area (Å²) >= 11 is 0. The van der Waals surface area contributed by atoms with Crippen LogP contribution in [0.15, 0.2) is 12.3 Å². The third kappa shape index (κ3) is 5.41. The van der Waals surface area contributed by atoms with Crippen molar-refractivity contribution in [2.45, 2.75) is 25.6 Å². The summed E-state index contributed by atoms with van der Waals surface area (Å²) in [7, 11) is 1.80. The van der Waals surface area contributed by atoms with Crippen molar-refractivity contribution in [3.05, 3.63) is 18.0 Å². The molecule has 0 aromatic carbocycles. The normalized spacial score (nSPS) is 12.0. The third-order valence-electron chi connectivity index (χ3n) is 1.89. The monoisotopic (exact) mass is 221 g/mol. The van der Waals surface area contributed by atoms with Crippen LogP contribution in [-0.4, -0.2) is 22.5 Å². The highest BCUT2D eigenvalue weighted by atomic mass is 19.4. The number of hydrogen-bond acceptors (Lipinski definition) is 2. The van der Waals surface area contributed by atoms with Crippen LogP contribution >= 0.6 is 0 Å². The van der Waals surface area contributed by atoms with Crippen molar-refractivity contribution in [1.82, 2.24) is 15.1 Å². The summed E-state index contributed by atoms with van der Waals surface area (Å²) in [4.78, 5) is 0. The van der Waals surface area contributed by atoms with Crippen molar-refractivity contribution in [2.75, 3.05) is 6.54 Å². The molecule has 86 valence electrons. The van der Waals surface area contributed by atoms with E-state index in [0.717, 1.165) is 5.69 Å². The number of rotatable bonds is 5. The number of aromatic nitrogens is 2.